The number of halogens is 1. The number of hydrogen-bond donors (Lipinski definition) is 1. The van der Waals surface area contributed by atoms with Gasteiger partial charge in [-0.15, -0.1) is 0 Å². The third-order valence-corrected chi connectivity index (χ3v) is 3.94. The highest BCUT2D eigenvalue weighted by atomic mass is 19.1. The summed E-state index contributed by atoms with van der Waals surface area (Å²) < 4.78 is 13.3. The number of anilines is 1. The van der Waals surface area contributed by atoms with Crippen molar-refractivity contribution in [1.29, 1.82) is 5.26 Å². The fraction of sp³-hybridized carbons (Fsp3) is 0.533. The number of nitriles is 1. The van der Waals surface area contributed by atoms with Crippen LogP contribution in [0.3, 0.4) is 0 Å². The summed E-state index contributed by atoms with van der Waals surface area (Å²) >= 11 is 0. The molecule has 102 valence electrons. The van der Waals surface area contributed by atoms with Crippen LogP contribution in [-0.4, -0.2) is 31.6 Å². The van der Waals surface area contributed by atoms with Gasteiger partial charge in [-0.25, -0.2) is 4.39 Å². The molecule has 1 aromatic rings. The summed E-state index contributed by atoms with van der Waals surface area (Å²) in [6.45, 7) is 5.28. The van der Waals surface area contributed by atoms with E-state index in [0.717, 1.165) is 32.5 Å². The van der Waals surface area contributed by atoms with Crippen LogP contribution in [0.25, 0.3) is 0 Å². The van der Waals surface area contributed by atoms with Gasteiger partial charge in [-0.05, 0) is 56.6 Å². The van der Waals surface area contributed by atoms with Gasteiger partial charge in [0.15, 0.2) is 0 Å². The Labute approximate surface area is 114 Å². The average Bonchev–Trinajstić information content (AvgIpc) is 2.40. The maximum atomic E-state index is 13.3. The second kappa shape index (κ2) is 5.58. The summed E-state index contributed by atoms with van der Waals surface area (Å²) in [6.07, 6.45) is 2.27. The van der Waals surface area contributed by atoms with Crippen molar-refractivity contribution < 1.29 is 4.39 Å². The van der Waals surface area contributed by atoms with E-state index in [-0.39, 0.29) is 11.2 Å². The molecule has 19 heavy (non-hydrogen) atoms. The van der Waals surface area contributed by atoms with Crippen molar-refractivity contribution in [2.24, 2.45) is 5.41 Å². The molecule has 2 rings (SSSR count). The number of piperidine rings is 1. The number of hydrogen-bond acceptors (Lipinski definition) is 3. The summed E-state index contributed by atoms with van der Waals surface area (Å²) in [6, 6.07) is 6.37. The van der Waals surface area contributed by atoms with Gasteiger partial charge in [-0.3, -0.25) is 0 Å². The van der Waals surface area contributed by atoms with Crippen LogP contribution in [0.4, 0.5) is 10.1 Å². The standard InChI is InChI=1S/C15H20FN3/c1-15(3-5-19(2)6-4-15)11-18-14-8-12(10-17)7-13(16)9-14/h7-9,18H,3-6,11H2,1-2H3. The molecule has 0 atom stereocenters. The van der Waals surface area contributed by atoms with Crippen LogP contribution < -0.4 is 5.32 Å². The molecule has 0 amide bonds. The highest BCUT2D eigenvalue weighted by Crippen LogP contribution is 2.30. The molecule has 1 saturated heterocycles. The molecule has 0 saturated carbocycles. The minimum Gasteiger partial charge on any atom is -0.384 e. The number of nitrogens with zero attached hydrogens (tertiary/aromatic N) is 2. The molecule has 0 aliphatic carbocycles. The quantitative estimate of drug-likeness (QED) is 0.909. The molecule has 1 heterocycles. The summed E-state index contributed by atoms with van der Waals surface area (Å²) in [5, 5.41) is 12.1. The largest absolute Gasteiger partial charge is 0.384 e. The number of nitrogens with one attached hydrogen (secondary N) is 1. The second-order valence-corrected chi connectivity index (χ2v) is 5.81. The van der Waals surface area contributed by atoms with Gasteiger partial charge in [-0.2, -0.15) is 5.26 Å². The Morgan fingerprint density at radius 1 is 1.37 bits per heavy atom. The molecule has 0 aromatic heterocycles. The van der Waals surface area contributed by atoms with Crippen LogP contribution in [0.2, 0.25) is 0 Å². The summed E-state index contributed by atoms with van der Waals surface area (Å²) in [5.41, 5.74) is 1.29. The first kappa shape index (κ1) is 13.8. The summed E-state index contributed by atoms with van der Waals surface area (Å²) in [5.74, 6) is -0.366. The Bertz CT molecular complexity index is 485. The van der Waals surface area contributed by atoms with Gasteiger partial charge in [0.25, 0.3) is 0 Å². The molecule has 1 N–H and O–H groups in total. The van der Waals surface area contributed by atoms with Crippen molar-refractivity contribution >= 4 is 5.69 Å². The zero-order valence-electron chi connectivity index (χ0n) is 11.5. The zero-order chi connectivity index (χ0) is 13.9. The van der Waals surface area contributed by atoms with Crippen molar-refractivity contribution in [3.63, 3.8) is 0 Å². The first-order valence-electron chi connectivity index (χ1n) is 6.64. The third-order valence-electron chi connectivity index (χ3n) is 3.94. The summed E-state index contributed by atoms with van der Waals surface area (Å²) in [4.78, 5) is 2.33. The first-order valence-corrected chi connectivity index (χ1v) is 6.64. The van der Waals surface area contributed by atoms with Crippen molar-refractivity contribution in [3.8, 4) is 6.07 Å². The van der Waals surface area contributed by atoms with Gasteiger partial charge in [-0.1, -0.05) is 6.92 Å². The smallest absolute Gasteiger partial charge is 0.126 e. The summed E-state index contributed by atoms with van der Waals surface area (Å²) in [7, 11) is 2.14. The number of rotatable bonds is 3. The molecular weight excluding hydrogens is 241 g/mol. The van der Waals surface area contributed by atoms with Crippen molar-refractivity contribution in [2.75, 3.05) is 32.0 Å². The first-order chi connectivity index (χ1) is 9.00. The monoisotopic (exact) mass is 261 g/mol. The van der Waals surface area contributed by atoms with E-state index >= 15 is 0 Å². The van der Waals surface area contributed by atoms with E-state index in [2.05, 4.69) is 24.2 Å². The topological polar surface area (TPSA) is 39.1 Å². The van der Waals surface area contributed by atoms with Gasteiger partial charge < -0.3 is 10.2 Å². The number of benzene rings is 1. The van der Waals surface area contributed by atoms with Gasteiger partial charge in [0, 0.05) is 12.2 Å². The van der Waals surface area contributed by atoms with Crippen LogP contribution in [0.15, 0.2) is 18.2 Å². The molecule has 1 aliphatic rings. The van der Waals surface area contributed by atoms with E-state index in [1.54, 1.807) is 6.07 Å². The molecule has 1 fully saturated rings. The van der Waals surface area contributed by atoms with Gasteiger partial charge in [0.05, 0.1) is 11.6 Å². The van der Waals surface area contributed by atoms with Gasteiger partial charge in [0.2, 0.25) is 0 Å². The highest BCUT2D eigenvalue weighted by Gasteiger charge is 2.28. The SMILES string of the molecule is CN1CCC(C)(CNc2cc(F)cc(C#N)c2)CC1. The second-order valence-electron chi connectivity index (χ2n) is 5.81. The van der Waals surface area contributed by atoms with E-state index in [1.807, 2.05) is 6.07 Å². The normalized spacial score (nSPS) is 18.8. The predicted molar refractivity (Wildman–Crippen MR) is 74.4 cm³/mol. The van der Waals surface area contributed by atoms with Crippen LogP contribution in [0.5, 0.6) is 0 Å². The molecule has 0 radical (unpaired) electrons. The van der Waals surface area contributed by atoms with Crippen LogP contribution in [0.1, 0.15) is 25.3 Å². The minimum atomic E-state index is -0.366. The molecular formula is C15H20FN3. The van der Waals surface area contributed by atoms with Crippen molar-refractivity contribution in [2.45, 2.75) is 19.8 Å². The van der Waals surface area contributed by atoms with E-state index in [4.69, 9.17) is 5.26 Å². The fourth-order valence-electron chi connectivity index (χ4n) is 2.41. The lowest BCUT2D eigenvalue weighted by molar-refractivity contribution is 0.150. The third kappa shape index (κ3) is 3.68. The van der Waals surface area contributed by atoms with Crippen molar-refractivity contribution in [3.05, 3.63) is 29.6 Å². The molecule has 3 nitrogen and oxygen atoms in total. The number of likely N-dealkylation sites (tertiary alicyclic amines) is 1. The Balaban J connectivity index is 1.99. The minimum absolute atomic E-state index is 0.242. The van der Waals surface area contributed by atoms with E-state index in [9.17, 15) is 4.39 Å². The molecule has 1 aromatic carbocycles. The molecule has 4 heteroatoms. The lowest BCUT2D eigenvalue weighted by atomic mass is 9.80. The maximum absolute atomic E-state index is 13.3. The average molecular weight is 261 g/mol. The fourth-order valence-corrected chi connectivity index (χ4v) is 2.41. The van der Waals surface area contributed by atoms with E-state index in [1.165, 1.54) is 12.1 Å². The Hall–Kier alpha value is -1.60. The van der Waals surface area contributed by atoms with Gasteiger partial charge in [0.1, 0.15) is 5.82 Å². The predicted octanol–water partition coefficient (Wildman–Crippen LogP) is 2.84. The van der Waals surface area contributed by atoms with Crippen LogP contribution >= 0.6 is 0 Å². The van der Waals surface area contributed by atoms with Crippen molar-refractivity contribution in [1.82, 2.24) is 4.90 Å². The zero-order valence-corrected chi connectivity index (χ0v) is 11.5. The van der Waals surface area contributed by atoms with Crippen LogP contribution in [0, 0.1) is 22.6 Å². The molecule has 1 aliphatic heterocycles. The Morgan fingerprint density at radius 2 is 2.05 bits per heavy atom. The van der Waals surface area contributed by atoms with E-state index in [0.29, 0.717) is 11.3 Å². The Kier molecular flexibility index (Phi) is 4.06. The van der Waals surface area contributed by atoms with E-state index < -0.39 is 0 Å². The molecule has 0 unspecified atom stereocenters. The lowest BCUT2D eigenvalue weighted by Gasteiger charge is -2.38. The molecule has 0 spiro atoms. The molecule has 0 bridgehead atoms. The highest BCUT2D eigenvalue weighted by molar-refractivity contribution is 5.49. The van der Waals surface area contributed by atoms with Gasteiger partial charge >= 0.3 is 0 Å². The Morgan fingerprint density at radius 3 is 2.68 bits per heavy atom. The van der Waals surface area contributed by atoms with Crippen LogP contribution in [-0.2, 0) is 0 Å². The maximum Gasteiger partial charge on any atom is 0.126 e. The lowest BCUT2D eigenvalue weighted by Crippen LogP contribution is -2.40.